The van der Waals surface area contributed by atoms with E-state index < -0.39 is 30.8 Å². The number of azo groups is 1. The Bertz CT molecular complexity index is 1720. The molecule has 0 aliphatic rings. The third-order valence-electron chi connectivity index (χ3n) is 4.37. The summed E-state index contributed by atoms with van der Waals surface area (Å²) in [5.41, 5.74) is 0.437. The number of pyridine rings is 1. The van der Waals surface area contributed by atoms with Gasteiger partial charge in [0.25, 0.3) is 10.1 Å². The second kappa shape index (κ2) is 8.01. The van der Waals surface area contributed by atoms with Gasteiger partial charge < -0.3 is 5.11 Å². The Morgan fingerprint density at radius 2 is 1.91 bits per heavy atom. The van der Waals surface area contributed by atoms with Crippen LogP contribution in [0, 0.1) is 6.57 Å². The Balaban J connectivity index is 2.00. The Morgan fingerprint density at radius 1 is 1.15 bits per heavy atom. The van der Waals surface area contributed by atoms with Crippen molar-refractivity contribution in [3.05, 3.63) is 48.1 Å². The van der Waals surface area contributed by atoms with E-state index in [1.54, 1.807) is 0 Å². The largest absolute Gasteiger partial charge is 0.506 e. The van der Waals surface area contributed by atoms with Crippen LogP contribution in [0.1, 0.15) is 0 Å². The number of aromatic nitrogens is 2. The van der Waals surface area contributed by atoms with E-state index in [0.29, 0.717) is 10.9 Å². The van der Waals surface area contributed by atoms with E-state index in [0.717, 1.165) is 23.9 Å². The summed E-state index contributed by atoms with van der Waals surface area (Å²) in [7, 11) is -8.60. The number of hydrogen-bond acceptors (Lipinski definition) is 10. The lowest BCUT2D eigenvalue weighted by Crippen LogP contribution is -2.10. The molecule has 33 heavy (non-hydrogen) atoms. The molecule has 2 aromatic carbocycles. The lowest BCUT2D eigenvalue weighted by Gasteiger charge is -2.13. The molecule has 0 unspecified atom stereocenters. The van der Waals surface area contributed by atoms with Crippen molar-refractivity contribution in [3.63, 3.8) is 0 Å². The van der Waals surface area contributed by atoms with Crippen molar-refractivity contribution in [1.29, 1.82) is 0 Å². The molecule has 0 saturated heterocycles. The number of benzene rings is 2. The molecule has 15 heteroatoms. The van der Waals surface area contributed by atoms with E-state index in [2.05, 4.69) is 29.2 Å². The molecule has 3 N–H and O–H groups in total. The summed E-state index contributed by atoms with van der Waals surface area (Å²) in [5, 5.41) is 19.2. The zero-order chi connectivity index (χ0) is 24.0. The van der Waals surface area contributed by atoms with Gasteiger partial charge in [-0.1, -0.05) is 12.1 Å². The van der Waals surface area contributed by atoms with E-state index in [-0.39, 0.29) is 32.8 Å². The van der Waals surface area contributed by atoms with Gasteiger partial charge in [-0.05, 0) is 23.7 Å². The van der Waals surface area contributed by atoms with Gasteiger partial charge in [0.2, 0.25) is 15.7 Å². The van der Waals surface area contributed by atoms with Crippen LogP contribution < -0.4 is 4.72 Å². The molecule has 0 spiro atoms. The monoisotopic (exact) mass is 504 g/mol. The molecule has 0 aliphatic heterocycles. The van der Waals surface area contributed by atoms with E-state index in [9.17, 15) is 26.5 Å². The number of rotatable bonds is 5. The van der Waals surface area contributed by atoms with E-state index in [1.165, 1.54) is 30.6 Å². The highest BCUT2D eigenvalue weighted by atomic mass is 32.2. The molecule has 4 rings (SSSR count). The average Bonchev–Trinajstić information content (AvgIpc) is 3.15. The zero-order valence-electron chi connectivity index (χ0n) is 16.5. The summed E-state index contributed by atoms with van der Waals surface area (Å²) in [5.74, 6) is -0.780. The minimum atomic E-state index is -4.85. The molecule has 0 aliphatic carbocycles. The van der Waals surface area contributed by atoms with Gasteiger partial charge in [0.15, 0.2) is 5.00 Å². The SMILES string of the molecule is [C-]#[N+]c1cncc2c(/N=N/c3cc(S(=O)(=O)O)c(O)c4cccc(NS(C)(=O)=O)c34)snc12. The number of anilines is 1. The van der Waals surface area contributed by atoms with Crippen LogP contribution in [0.25, 0.3) is 26.5 Å². The van der Waals surface area contributed by atoms with Crippen molar-refractivity contribution in [2.75, 3.05) is 11.0 Å². The molecule has 12 nitrogen and oxygen atoms in total. The van der Waals surface area contributed by atoms with Crippen LogP contribution >= 0.6 is 11.5 Å². The highest BCUT2D eigenvalue weighted by Gasteiger charge is 2.23. The lowest BCUT2D eigenvalue weighted by molar-refractivity contribution is 0.448. The molecular weight excluding hydrogens is 492 g/mol. The van der Waals surface area contributed by atoms with Gasteiger partial charge in [-0.25, -0.2) is 17.6 Å². The lowest BCUT2D eigenvalue weighted by atomic mass is 10.1. The maximum absolute atomic E-state index is 11.8. The van der Waals surface area contributed by atoms with Crippen molar-refractivity contribution in [2.45, 2.75) is 4.90 Å². The first-order chi connectivity index (χ1) is 15.5. The van der Waals surface area contributed by atoms with E-state index in [1.807, 2.05) is 0 Å². The Morgan fingerprint density at radius 3 is 2.58 bits per heavy atom. The van der Waals surface area contributed by atoms with Gasteiger partial charge >= 0.3 is 0 Å². The van der Waals surface area contributed by atoms with Gasteiger partial charge in [-0.2, -0.15) is 8.42 Å². The molecule has 0 radical (unpaired) electrons. The quantitative estimate of drug-likeness (QED) is 0.206. The predicted molar refractivity (Wildman–Crippen MR) is 122 cm³/mol. The van der Waals surface area contributed by atoms with Crippen molar-refractivity contribution in [1.82, 2.24) is 9.36 Å². The van der Waals surface area contributed by atoms with Crippen LogP contribution in [0.2, 0.25) is 0 Å². The topological polar surface area (TPSA) is 176 Å². The molecule has 0 saturated carbocycles. The molecule has 2 heterocycles. The molecular formula is C18H12N6O6S3. The summed E-state index contributed by atoms with van der Waals surface area (Å²) in [4.78, 5) is 6.47. The van der Waals surface area contributed by atoms with Gasteiger partial charge in [-0.3, -0.25) is 14.3 Å². The first-order valence-corrected chi connectivity index (χ1v) is 12.9. The number of nitrogens with zero attached hydrogens (tertiary/aromatic N) is 5. The fourth-order valence-electron chi connectivity index (χ4n) is 3.07. The van der Waals surface area contributed by atoms with Gasteiger partial charge in [-0.15, -0.1) is 10.2 Å². The summed E-state index contributed by atoms with van der Waals surface area (Å²) in [6.45, 7) is 7.19. The minimum Gasteiger partial charge on any atom is -0.506 e. The van der Waals surface area contributed by atoms with Crippen LogP contribution in [0.15, 0.2) is 51.8 Å². The standard InChI is InChI=1S/C18H12N6O6S3/c1-19-13-8-20-7-10-16(13)23-31-18(10)22-21-12-6-14(33(28,29)30)17(25)9-4-3-5-11(15(9)12)24-32(2,26)27/h3-8,24-25H,2H3,(H,28,29,30)/b22-21+. The fraction of sp³-hybridized carbons (Fsp3) is 0.0556. The highest BCUT2D eigenvalue weighted by Crippen LogP contribution is 2.43. The normalized spacial score (nSPS) is 12.4. The minimum absolute atomic E-state index is 0.00672. The zero-order valence-corrected chi connectivity index (χ0v) is 18.9. The molecule has 0 fully saturated rings. The number of phenols is 1. The van der Waals surface area contributed by atoms with E-state index in [4.69, 9.17) is 6.57 Å². The summed E-state index contributed by atoms with van der Waals surface area (Å²) in [6.07, 6.45) is 3.72. The second-order valence-corrected chi connectivity index (χ2v) is 10.6. The number of fused-ring (bicyclic) bond motifs is 2. The van der Waals surface area contributed by atoms with Crippen LogP contribution in [0.3, 0.4) is 0 Å². The maximum Gasteiger partial charge on any atom is 0.298 e. The summed E-state index contributed by atoms with van der Waals surface area (Å²) in [6, 6.07) is 4.98. The van der Waals surface area contributed by atoms with Crippen LogP contribution in [0.5, 0.6) is 5.75 Å². The second-order valence-electron chi connectivity index (χ2n) is 6.67. The van der Waals surface area contributed by atoms with Crippen LogP contribution in [0.4, 0.5) is 22.1 Å². The van der Waals surface area contributed by atoms with E-state index >= 15 is 0 Å². The first-order valence-electron chi connectivity index (χ1n) is 8.76. The van der Waals surface area contributed by atoms with Crippen LogP contribution in [-0.4, -0.2) is 42.1 Å². The number of aromatic hydroxyl groups is 1. The fourth-order valence-corrected chi connectivity index (χ4v) is 4.95. The Kier molecular flexibility index (Phi) is 5.46. The smallest absolute Gasteiger partial charge is 0.298 e. The molecule has 168 valence electrons. The third kappa shape index (κ3) is 4.32. The number of phenolic OH excluding ortho intramolecular Hbond substituents is 1. The van der Waals surface area contributed by atoms with Gasteiger partial charge in [0, 0.05) is 28.6 Å². The molecule has 0 amide bonds. The highest BCUT2D eigenvalue weighted by molar-refractivity contribution is 7.92. The summed E-state index contributed by atoms with van der Waals surface area (Å²) >= 11 is 0.922. The van der Waals surface area contributed by atoms with Crippen molar-refractivity contribution < 1.29 is 26.5 Å². The molecule has 0 atom stereocenters. The van der Waals surface area contributed by atoms with Crippen molar-refractivity contribution in [3.8, 4) is 5.75 Å². The molecule has 2 aromatic heterocycles. The predicted octanol–water partition coefficient (Wildman–Crippen LogP) is 4.13. The van der Waals surface area contributed by atoms with Crippen LogP contribution in [-0.2, 0) is 20.1 Å². The molecule has 4 aromatic rings. The Labute approximate surface area is 191 Å². The van der Waals surface area contributed by atoms with Crippen molar-refractivity contribution >= 4 is 75.4 Å². The first kappa shape index (κ1) is 22.5. The number of sulfonamides is 1. The third-order valence-corrected chi connectivity index (χ3v) is 6.58. The summed E-state index contributed by atoms with van der Waals surface area (Å²) < 4.78 is 63.2. The van der Waals surface area contributed by atoms with Crippen molar-refractivity contribution in [2.24, 2.45) is 10.2 Å². The average molecular weight is 505 g/mol. The number of hydrogen-bond donors (Lipinski definition) is 3. The Hall–Kier alpha value is -3.71. The van der Waals surface area contributed by atoms with Gasteiger partial charge in [0.1, 0.15) is 10.6 Å². The maximum atomic E-state index is 11.8. The van der Waals surface area contributed by atoms with Gasteiger partial charge in [0.05, 0.1) is 29.7 Å². The number of nitrogens with one attached hydrogen (secondary N) is 1. The molecule has 0 bridgehead atoms.